The van der Waals surface area contributed by atoms with Crippen LogP contribution in [0.1, 0.15) is 12.0 Å². The first-order valence-electron chi connectivity index (χ1n) is 8.28. The Kier molecular flexibility index (Phi) is 4.21. The normalized spacial score (nSPS) is 15.2. The molecular formula is C18H20N4OS. The number of benzene rings is 1. The van der Waals surface area contributed by atoms with Gasteiger partial charge in [-0.15, -0.1) is 11.3 Å². The van der Waals surface area contributed by atoms with Crippen molar-refractivity contribution in [2.45, 2.75) is 12.8 Å². The Morgan fingerprint density at radius 2 is 2.08 bits per heavy atom. The minimum absolute atomic E-state index is 0.253. The lowest BCUT2D eigenvalue weighted by molar-refractivity contribution is -0.131. The number of carbonyl (C=O) groups is 1. The maximum atomic E-state index is 12.5. The Hall–Kier alpha value is -2.34. The van der Waals surface area contributed by atoms with E-state index in [1.165, 1.54) is 10.9 Å². The van der Waals surface area contributed by atoms with Gasteiger partial charge < -0.3 is 14.8 Å². The number of carbonyl (C=O) groups excluding carboxylic acids is 1. The zero-order chi connectivity index (χ0) is 16.4. The van der Waals surface area contributed by atoms with Crippen molar-refractivity contribution in [1.29, 1.82) is 0 Å². The number of piperazine rings is 1. The number of rotatable bonds is 4. The number of nitrogens with zero attached hydrogens (tertiary/aromatic N) is 3. The van der Waals surface area contributed by atoms with Gasteiger partial charge in [0.05, 0.1) is 0 Å². The summed E-state index contributed by atoms with van der Waals surface area (Å²) < 4.78 is 0. The van der Waals surface area contributed by atoms with E-state index in [4.69, 9.17) is 0 Å². The summed E-state index contributed by atoms with van der Waals surface area (Å²) in [4.78, 5) is 24.2. The Morgan fingerprint density at radius 3 is 2.88 bits per heavy atom. The summed E-state index contributed by atoms with van der Waals surface area (Å²) in [7, 11) is 0. The van der Waals surface area contributed by atoms with E-state index < -0.39 is 0 Å². The molecule has 1 fully saturated rings. The third-order valence-corrected chi connectivity index (χ3v) is 5.40. The molecule has 2 aromatic heterocycles. The summed E-state index contributed by atoms with van der Waals surface area (Å²) in [6.07, 6.45) is 5.15. The number of anilines is 1. The second kappa shape index (κ2) is 6.65. The van der Waals surface area contributed by atoms with Crippen LogP contribution in [0.2, 0.25) is 0 Å². The molecule has 1 amide bonds. The Balaban J connectivity index is 1.30. The highest BCUT2D eigenvalue weighted by Gasteiger charge is 2.22. The highest BCUT2D eigenvalue weighted by molar-refractivity contribution is 7.13. The molecule has 0 radical (unpaired) electrons. The standard InChI is InChI=1S/C18H20N4OS/c23-17(4-2-14-1-3-16-15(13-14)5-6-19-16)21-8-10-22(11-9-21)18-20-7-12-24-18/h1,3,5-7,12-13,19H,2,4,8-11H2. The van der Waals surface area contributed by atoms with Gasteiger partial charge in [-0.2, -0.15) is 0 Å². The van der Waals surface area contributed by atoms with Gasteiger partial charge in [0.2, 0.25) is 5.91 Å². The van der Waals surface area contributed by atoms with Gasteiger partial charge in [0, 0.05) is 55.9 Å². The molecule has 1 aliphatic rings. The van der Waals surface area contributed by atoms with Crippen LogP contribution >= 0.6 is 11.3 Å². The minimum Gasteiger partial charge on any atom is -0.361 e. The predicted octanol–water partition coefficient (Wildman–Crippen LogP) is 2.91. The monoisotopic (exact) mass is 340 g/mol. The zero-order valence-corrected chi connectivity index (χ0v) is 14.3. The van der Waals surface area contributed by atoms with Crippen LogP contribution in [0.4, 0.5) is 5.13 Å². The molecule has 1 N–H and O–H groups in total. The van der Waals surface area contributed by atoms with Gasteiger partial charge in [-0.1, -0.05) is 6.07 Å². The third kappa shape index (κ3) is 3.14. The number of thiazole rings is 1. The maximum Gasteiger partial charge on any atom is 0.223 e. The summed E-state index contributed by atoms with van der Waals surface area (Å²) in [5.41, 5.74) is 2.36. The first-order valence-corrected chi connectivity index (χ1v) is 9.16. The topological polar surface area (TPSA) is 52.2 Å². The van der Waals surface area contributed by atoms with Crippen molar-refractivity contribution in [3.63, 3.8) is 0 Å². The molecule has 6 heteroatoms. The van der Waals surface area contributed by atoms with E-state index in [1.807, 2.05) is 22.7 Å². The highest BCUT2D eigenvalue weighted by atomic mass is 32.1. The van der Waals surface area contributed by atoms with Crippen molar-refractivity contribution in [3.8, 4) is 0 Å². The lowest BCUT2D eigenvalue weighted by Gasteiger charge is -2.34. The summed E-state index contributed by atoms with van der Waals surface area (Å²) >= 11 is 1.66. The lowest BCUT2D eigenvalue weighted by atomic mass is 10.1. The van der Waals surface area contributed by atoms with E-state index in [0.717, 1.165) is 43.2 Å². The Labute approximate surface area is 144 Å². The fourth-order valence-corrected chi connectivity index (χ4v) is 3.88. The van der Waals surface area contributed by atoms with E-state index in [1.54, 1.807) is 11.3 Å². The quantitative estimate of drug-likeness (QED) is 0.794. The van der Waals surface area contributed by atoms with Crippen LogP contribution in [0.15, 0.2) is 42.0 Å². The SMILES string of the molecule is O=C(CCc1ccc2[nH]ccc2c1)N1CCN(c2nccs2)CC1. The Bertz CT molecular complexity index is 819. The second-order valence-corrected chi connectivity index (χ2v) is 6.95. The molecule has 0 bridgehead atoms. The molecule has 1 aliphatic heterocycles. The van der Waals surface area contributed by atoms with E-state index in [9.17, 15) is 4.79 Å². The van der Waals surface area contributed by atoms with Crippen molar-refractivity contribution in [2.75, 3.05) is 31.1 Å². The number of aromatic nitrogens is 2. The number of fused-ring (bicyclic) bond motifs is 1. The summed E-state index contributed by atoms with van der Waals surface area (Å²) in [5.74, 6) is 0.253. The van der Waals surface area contributed by atoms with Gasteiger partial charge in [-0.3, -0.25) is 4.79 Å². The molecule has 1 saturated heterocycles. The molecule has 24 heavy (non-hydrogen) atoms. The number of hydrogen-bond donors (Lipinski definition) is 1. The van der Waals surface area contributed by atoms with Crippen LogP contribution in [0, 0.1) is 0 Å². The number of H-pyrrole nitrogens is 1. The molecule has 0 aliphatic carbocycles. The summed E-state index contributed by atoms with van der Waals surface area (Å²) in [5, 5.41) is 4.26. The second-order valence-electron chi connectivity index (χ2n) is 6.08. The molecular weight excluding hydrogens is 320 g/mol. The van der Waals surface area contributed by atoms with Gasteiger partial charge in [0.25, 0.3) is 0 Å². The van der Waals surface area contributed by atoms with Gasteiger partial charge in [0.15, 0.2) is 5.13 Å². The van der Waals surface area contributed by atoms with E-state index in [0.29, 0.717) is 6.42 Å². The molecule has 3 heterocycles. The molecule has 0 unspecified atom stereocenters. The smallest absolute Gasteiger partial charge is 0.223 e. The van der Waals surface area contributed by atoms with Crippen LogP contribution in [0.3, 0.4) is 0 Å². The fraction of sp³-hybridized carbons (Fsp3) is 0.333. The molecule has 1 aromatic carbocycles. The van der Waals surface area contributed by atoms with Crippen molar-refractivity contribution >= 4 is 33.3 Å². The third-order valence-electron chi connectivity index (χ3n) is 4.57. The highest BCUT2D eigenvalue weighted by Crippen LogP contribution is 2.20. The van der Waals surface area contributed by atoms with Crippen LogP contribution in [0.25, 0.3) is 10.9 Å². The van der Waals surface area contributed by atoms with Gasteiger partial charge >= 0.3 is 0 Å². The van der Waals surface area contributed by atoms with Crippen LogP contribution in [-0.4, -0.2) is 47.0 Å². The first kappa shape index (κ1) is 15.2. The molecule has 0 spiro atoms. The average Bonchev–Trinajstić information content (AvgIpc) is 3.31. The summed E-state index contributed by atoms with van der Waals surface area (Å²) in [6.45, 7) is 3.31. The number of aromatic amines is 1. The number of amides is 1. The molecule has 3 aromatic rings. The molecule has 4 rings (SSSR count). The number of hydrogen-bond acceptors (Lipinski definition) is 4. The zero-order valence-electron chi connectivity index (χ0n) is 13.4. The first-order chi connectivity index (χ1) is 11.8. The van der Waals surface area contributed by atoms with Crippen molar-refractivity contribution in [1.82, 2.24) is 14.9 Å². The van der Waals surface area contributed by atoms with E-state index >= 15 is 0 Å². The number of aryl methyl sites for hydroxylation is 1. The Morgan fingerprint density at radius 1 is 1.21 bits per heavy atom. The molecule has 5 nitrogen and oxygen atoms in total. The van der Waals surface area contributed by atoms with E-state index in [-0.39, 0.29) is 5.91 Å². The van der Waals surface area contributed by atoms with Crippen molar-refractivity contribution < 1.29 is 4.79 Å². The van der Waals surface area contributed by atoms with Crippen LogP contribution in [0.5, 0.6) is 0 Å². The minimum atomic E-state index is 0.253. The average molecular weight is 340 g/mol. The van der Waals surface area contributed by atoms with Crippen LogP contribution in [-0.2, 0) is 11.2 Å². The van der Waals surface area contributed by atoms with Gasteiger partial charge in [-0.05, 0) is 35.6 Å². The summed E-state index contributed by atoms with van der Waals surface area (Å²) in [6, 6.07) is 8.42. The lowest BCUT2D eigenvalue weighted by Crippen LogP contribution is -2.48. The van der Waals surface area contributed by atoms with Gasteiger partial charge in [-0.25, -0.2) is 4.98 Å². The van der Waals surface area contributed by atoms with E-state index in [2.05, 4.69) is 39.1 Å². The van der Waals surface area contributed by atoms with Gasteiger partial charge in [0.1, 0.15) is 0 Å². The van der Waals surface area contributed by atoms with Crippen molar-refractivity contribution in [2.24, 2.45) is 0 Å². The maximum absolute atomic E-state index is 12.5. The molecule has 124 valence electrons. The largest absolute Gasteiger partial charge is 0.361 e. The van der Waals surface area contributed by atoms with Crippen LogP contribution < -0.4 is 4.90 Å². The fourth-order valence-electron chi connectivity index (χ4n) is 3.19. The number of nitrogens with one attached hydrogen (secondary N) is 1. The molecule has 0 saturated carbocycles. The van der Waals surface area contributed by atoms with Crippen molar-refractivity contribution in [3.05, 3.63) is 47.6 Å². The predicted molar refractivity (Wildman–Crippen MR) is 97.5 cm³/mol. The molecule has 0 atom stereocenters.